The van der Waals surface area contributed by atoms with Crippen LogP contribution in [0.3, 0.4) is 0 Å². The lowest BCUT2D eigenvalue weighted by molar-refractivity contribution is -0.138. The Bertz CT molecular complexity index is 1140. The number of alkyl halides is 3. The maximum Gasteiger partial charge on any atom is 0.389 e. The van der Waals surface area contributed by atoms with Gasteiger partial charge in [-0.15, -0.1) is 12.4 Å². The van der Waals surface area contributed by atoms with Gasteiger partial charge < -0.3 is 5.32 Å². The van der Waals surface area contributed by atoms with Crippen molar-refractivity contribution in [3.63, 3.8) is 0 Å². The maximum atomic E-state index is 13.1. The number of piperazine rings is 1. The van der Waals surface area contributed by atoms with Crippen LogP contribution in [0.25, 0.3) is 32.3 Å². The number of hydrogen-bond acceptors (Lipinski definition) is 2. The van der Waals surface area contributed by atoms with Crippen LogP contribution in [0.5, 0.6) is 0 Å². The summed E-state index contributed by atoms with van der Waals surface area (Å²) < 4.78 is 39.3. The van der Waals surface area contributed by atoms with Crippen molar-refractivity contribution in [2.45, 2.75) is 25.1 Å². The third kappa shape index (κ3) is 3.82. The van der Waals surface area contributed by atoms with Gasteiger partial charge >= 0.3 is 6.18 Å². The number of hydrogen-bond donors (Lipinski definition) is 1. The van der Waals surface area contributed by atoms with Gasteiger partial charge in [0.05, 0.1) is 0 Å². The van der Waals surface area contributed by atoms with E-state index >= 15 is 0 Å². The van der Waals surface area contributed by atoms with E-state index in [-0.39, 0.29) is 24.9 Å². The van der Waals surface area contributed by atoms with E-state index in [9.17, 15) is 13.2 Å². The minimum absolute atomic E-state index is 0. The molecule has 1 N–H and O–H groups in total. The third-order valence-corrected chi connectivity index (χ3v) is 6.21. The van der Waals surface area contributed by atoms with Gasteiger partial charge in [0.25, 0.3) is 0 Å². The topological polar surface area (TPSA) is 15.3 Å². The highest BCUT2D eigenvalue weighted by Gasteiger charge is 2.32. The van der Waals surface area contributed by atoms with E-state index in [4.69, 9.17) is 0 Å². The van der Waals surface area contributed by atoms with Crippen molar-refractivity contribution in [2.24, 2.45) is 0 Å². The van der Waals surface area contributed by atoms with E-state index in [1.165, 1.54) is 21.5 Å². The molecule has 1 aliphatic heterocycles. The molecule has 0 unspecified atom stereocenters. The SMILES string of the molecule is Cl.FC(F)(F)CC[C@@H](c1ccc2ccc3cccc4ccc1c2c34)N1CCNCC1. The zero-order chi connectivity index (χ0) is 20.0. The maximum absolute atomic E-state index is 13.1. The second-order valence-electron chi connectivity index (χ2n) is 7.97. The van der Waals surface area contributed by atoms with Gasteiger partial charge in [-0.3, -0.25) is 4.90 Å². The molecule has 0 aromatic heterocycles. The van der Waals surface area contributed by atoms with Crippen molar-refractivity contribution in [1.29, 1.82) is 0 Å². The zero-order valence-electron chi connectivity index (χ0n) is 16.5. The molecular weight excluding hydrogens is 409 g/mol. The Morgan fingerprint density at radius 1 is 0.833 bits per heavy atom. The summed E-state index contributed by atoms with van der Waals surface area (Å²) in [6.07, 6.45) is -4.81. The van der Waals surface area contributed by atoms with Crippen molar-refractivity contribution in [1.82, 2.24) is 10.2 Å². The average Bonchev–Trinajstić information content (AvgIpc) is 2.73. The summed E-state index contributed by atoms with van der Waals surface area (Å²) >= 11 is 0. The lowest BCUT2D eigenvalue weighted by atomic mass is 9.88. The van der Waals surface area contributed by atoms with Gasteiger partial charge in [-0.1, -0.05) is 54.6 Å². The summed E-state index contributed by atoms with van der Waals surface area (Å²) in [4.78, 5) is 2.22. The van der Waals surface area contributed by atoms with Gasteiger partial charge in [0.15, 0.2) is 0 Å². The summed E-state index contributed by atoms with van der Waals surface area (Å²) in [6, 6.07) is 18.6. The second kappa shape index (κ2) is 8.22. The minimum atomic E-state index is -4.14. The zero-order valence-corrected chi connectivity index (χ0v) is 17.3. The normalized spacial score (nSPS) is 16.9. The molecule has 1 heterocycles. The molecule has 2 nitrogen and oxygen atoms in total. The molecule has 0 bridgehead atoms. The van der Waals surface area contributed by atoms with Crippen LogP contribution in [0.15, 0.2) is 54.6 Å². The molecule has 6 heteroatoms. The number of nitrogens with one attached hydrogen (secondary N) is 1. The van der Waals surface area contributed by atoms with Gasteiger partial charge in [0, 0.05) is 38.6 Å². The summed E-state index contributed by atoms with van der Waals surface area (Å²) in [5.41, 5.74) is 1.02. The molecule has 0 saturated carbocycles. The highest BCUT2D eigenvalue weighted by atomic mass is 35.5. The lowest BCUT2D eigenvalue weighted by Gasteiger charge is -2.36. The van der Waals surface area contributed by atoms with Gasteiger partial charge in [0.1, 0.15) is 0 Å². The highest BCUT2D eigenvalue weighted by molar-refractivity contribution is 6.23. The van der Waals surface area contributed by atoms with Gasteiger partial charge in [0.2, 0.25) is 0 Å². The molecule has 1 aliphatic rings. The Labute approximate surface area is 179 Å². The van der Waals surface area contributed by atoms with E-state index in [2.05, 4.69) is 58.7 Å². The van der Waals surface area contributed by atoms with Crippen LogP contribution in [-0.2, 0) is 0 Å². The highest BCUT2D eigenvalue weighted by Crippen LogP contribution is 2.40. The number of halogens is 4. The molecule has 4 aromatic rings. The quantitative estimate of drug-likeness (QED) is 0.381. The van der Waals surface area contributed by atoms with Gasteiger partial charge in [-0.2, -0.15) is 13.2 Å². The average molecular weight is 433 g/mol. The van der Waals surface area contributed by atoms with Crippen molar-refractivity contribution in [3.8, 4) is 0 Å². The third-order valence-electron chi connectivity index (χ3n) is 6.21. The molecule has 0 spiro atoms. The Morgan fingerprint density at radius 3 is 2.10 bits per heavy atom. The van der Waals surface area contributed by atoms with Crippen LogP contribution in [0.4, 0.5) is 13.2 Å². The Hall–Kier alpha value is -2.08. The fraction of sp³-hybridized carbons (Fsp3) is 0.333. The predicted molar refractivity (Wildman–Crippen MR) is 120 cm³/mol. The summed E-state index contributed by atoms with van der Waals surface area (Å²) in [5, 5.41) is 10.3. The monoisotopic (exact) mass is 432 g/mol. The largest absolute Gasteiger partial charge is 0.389 e. The van der Waals surface area contributed by atoms with E-state index in [1.54, 1.807) is 0 Å². The fourth-order valence-electron chi connectivity index (χ4n) is 4.88. The van der Waals surface area contributed by atoms with E-state index < -0.39 is 12.6 Å². The molecule has 158 valence electrons. The van der Waals surface area contributed by atoms with Crippen LogP contribution in [0.1, 0.15) is 24.4 Å². The van der Waals surface area contributed by atoms with Gasteiger partial charge in [-0.25, -0.2) is 0 Å². The molecule has 0 aliphatic carbocycles. The summed E-state index contributed by atoms with van der Waals surface area (Å²) in [7, 11) is 0. The van der Waals surface area contributed by atoms with E-state index in [0.717, 1.165) is 42.5 Å². The second-order valence-corrected chi connectivity index (χ2v) is 7.97. The van der Waals surface area contributed by atoms with Crippen LogP contribution in [0.2, 0.25) is 0 Å². The van der Waals surface area contributed by atoms with Crippen molar-refractivity contribution in [3.05, 3.63) is 60.2 Å². The molecular formula is C24H24ClF3N2. The van der Waals surface area contributed by atoms with Crippen LogP contribution < -0.4 is 5.32 Å². The first-order valence-electron chi connectivity index (χ1n) is 10.2. The minimum Gasteiger partial charge on any atom is -0.314 e. The summed E-state index contributed by atoms with van der Waals surface area (Å²) in [6.45, 7) is 3.16. The molecule has 1 saturated heterocycles. The molecule has 5 rings (SSSR count). The van der Waals surface area contributed by atoms with Crippen molar-refractivity contribution in [2.75, 3.05) is 26.2 Å². The first-order valence-corrected chi connectivity index (χ1v) is 10.2. The van der Waals surface area contributed by atoms with Crippen LogP contribution in [0, 0.1) is 0 Å². The predicted octanol–water partition coefficient (Wildman–Crippen LogP) is 6.29. The number of rotatable bonds is 4. The molecule has 1 fully saturated rings. The molecule has 4 aromatic carbocycles. The van der Waals surface area contributed by atoms with Crippen molar-refractivity contribution < 1.29 is 13.2 Å². The number of nitrogens with zero attached hydrogens (tertiary/aromatic N) is 1. The Kier molecular flexibility index (Phi) is 5.80. The van der Waals surface area contributed by atoms with Crippen LogP contribution in [-0.4, -0.2) is 37.3 Å². The van der Waals surface area contributed by atoms with Crippen molar-refractivity contribution >= 4 is 44.7 Å². The van der Waals surface area contributed by atoms with Crippen LogP contribution >= 0.6 is 12.4 Å². The van der Waals surface area contributed by atoms with E-state index in [0.29, 0.717) is 0 Å². The standard InChI is InChI=1S/C24H23F3N2.ClH/c25-24(26,27)11-10-21(29-14-12-28-13-15-29)19-8-6-18-5-4-16-2-1-3-17-7-9-20(19)23(18)22(16)17;/h1-9,21,28H,10-15H2;1H/t21-;/m0./s1. The Balaban J connectivity index is 0.00000218. The molecule has 0 amide bonds. The number of benzene rings is 4. The summed E-state index contributed by atoms with van der Waals surface area (Å²) in [5.74, 6) is 0. The smallest absolute Gasteiger partial charge is 0.314 e. The fourth-order valence-corrected chi connectivity index (χ4v) is 4.88. The first kappa shape index (κ1) is 21.2. The lowest BCUT2D eigenvalue weighted by Crippen LogP contribution is -2.45. The Morgan fingerprint density at radius 2 is 1.43 bits per heavy atom. The molecule has 0 radical (unpaired) electrons. The molecule has 1 atom stereocenters. The molecule has 30 heavy (non-hydrogen) atoms. The van der Waals surface area contributed by atoms with Gasteiger partial charge in [-0.05, 0) is 44.3 Å². The first-order chi connectivity index (χ1) is 14.0. The van der Waals surface area contributed by atoms with E-state index in [1.807, 2.05) is 6.07 Å².